The van der Waals surface area contributed by atoms with Crippen LogP contribution in [0, 0.1) is 0 Å². The molecule has 134 valence electrons. The highest BCUT2D eigenvalue weighted by molar-refractivity contribution is 7.89. The third-order valence-corrected chi connectivity index (χ3v) is 6.47. The van der Waals surface area contributed by atoms with Gasteiger partial charge in [-0.05, 0) is 37.5 Å². The van der Waals surface area contributed by atoms with E-state index in [0.717, 1.165) is 19.3 Å². The van der Waals surface area contributed by atoms with Crippen LogP contribution in [-0.4, -0.2) is 62.8 Å². The molecule has 24 heavy (non-hydrogen) atoms. The number of nitrogens with zero attached hydrogens (tertiary/aromatic N) is 2. The molecule has 2 aliphatic rings. The Bertz CT molecular complexity index is 708. The molecule has 0 radical (unpaired) electrons. The second-order valence-corrected chi connectivity index (χ2v) is 8.45. The minimum Gasteiger partial charge on any atom is -0.345 e. The van der Waals surface area contributed by atoms with Crippen molar-refractivity contribution >= 4 is 28.3 Å². The molecule has 0 saturated carbocycles. The number of hydrogen-bond acceptors (Lipinski definition) is 4. The van der Waals surface area contributed by atoms with Gasteiger partial charge in [0.05, 0.1) is 4.90 Å². The number of hydrogen-bond donors (Lipinski definition) is 1. The van der Waals surface area contributed by atoms with E-state index < -0.39 is 10.0 Å². The van der Waals surface area contributed by atoms with Crippen molar-refractivity contribution in [1.29, 1.82) is 0 Å². The van der Waals surface area contributed by atoms with Gasteiger partial charge in [0.1, 0.15) is 0 Å². The van der Waals surface area contributed by atoms with E-state index in [9.17, 15) is 13.2 Å². The van der Waals surface area contributed by atoms with Gasteiger partial charge in [0.25, 0.3) is 5.91 Å². The molecule has 2 heterocycles. The lowest BCUT2D eigenvalue weighted by atomic mass is 10.1. The molecular formula is C16H24ClN3O3S. The largest absolute Gasteiger partial charge is 0.345 e. The highest BCUT2D eigenvalue weighted by atomic mass is 35.5. The van der Waals surface area contributed by atoms with Gasteiger partial charge in [-0.25, -0.2) is 8.42 Å². The molecule has 6 nitrogen and oxygen atoms in total. The standard InChI is InChI=1S/C16H23N3O3S.ClH/c1-18(2)16(20)12-4-3-5-15(10-12)23(21,22)19-9-8-13-6-7-14(11-19)17-13;/h3-5,10,13-14,17H,6-9,11H2,1-2H3;1H. The molecule has 1 N–H and O–H groups in total. The number of halogens is 1. The monoisotopic (exact) mass is 373 g/mol. The van der Waals surface area contributed by atoms with Crippen LogP contribution in [0.3, 0.4) is 0 Å². The molecule has 0 aromatic heterocycles. The Hall–Kier alpha value is -1.15. The van der Waals surface area contributed by atoms with Crippen LogP contribution in [0.4, 0.5) is 0 Å². The number of amides is 1. The zero-order valence-electron chi connectivity index (χ0n) is 13.9. The second kappa shape index (κ2) is 7.39. The normalized spacial score (nSPS) is 24.1. The summed E-state index contributed by atoms with van der Waals surface area (Å²) in [5, 5.41) is 3.48. The first-order chi connectivity index (χ1) is 10.9. The number of benzene rings is 1. The van der Waals surface area contributed by atoms with E-state index >= 15 is 0 Å². The number of carbonyl (C=O) groups excluding carboxylic acids is 1. The summed E-state index contributed by atoms with van der Waals surface area (Å²) in [4.78, 5) is 13.7. The maximum atomic E-state index is 12.9. The Morgan fingerprint density at radius 3 is 2.62 bits per heavy atom. The van der Waals surface area contributed by atoms with Crippen LogP contribution in [0.5, 0.6) is 0 Å². The van der Waals surface area contributed by atoms with Gasteiger partial charge in [-0.15, -0.1) is 12.4 Å². The number of sulfonamides is 1. The average molecular weight is 374 g/mol. The van der Waals surface area contributed by atoms with Gasteiger partial charge >= 0.3 is 0 Å². The van der Waals surface area contributed by atoms with Crippen molar-refractivity contribution in [1.82, 2.24) is 14.5 Å². The smallest absolute Gasteiger partial charge is 0.253 e. The van der Waals surface area contributed by atoms with Gasteiger partial charge in [-0.3, -0.25) is 4.79 Å². The molecule has 0 aliphatic carbocycles. The summed E-state index contributed by atoms with van der Waals surface area (Å²) < 4.78 is 27.4. The predicted molar refractivity (Wildman–Crippen MR) is 95.0 cm³/mol. The van der Waals surface area contributed by atoms with E-state index in [4.69, 9.17) is 0 Å². The van der Waals surface area contributed by atoms with Crippen LogP contribution in [-0.2, 0) is 10.0 Å². The highest BCUT2D eigenvalue weighted by Crippen LogP contribution is 2.25. The first-order valence-electron chi connectivity index (χ1n) is 7.96. The first kappa shape index (κ1) is 19.2. The SMILES string of the molecule is CN(C)C(=O)c1cccc(S(=O)(=O)N2CCC3CCC(C2)N3)c1.Cl. The van der Waals surface area contributed by atoms with Crippen LogP contribution in [0.15, 0.2) is 29.2 Å². The number of rotatable bonds is 3. The van der Waals surface area contributed by atoms with Crippen molar-refractivity contribution in [3.05, 3.63) is 29.8 Å². The van der Waals surface area contributed by atoms with Crippen molar-refractivity contribution in [2.24, 2.45) is 0 Å². The lowest BCUT2D eigenvalue weighted by Gasteiger charge is -2.24. The van der Waals surface area contributed by atoms with Crippen LogP contribution in [0.2, 0.25) is 0 Å². The van der Waals surface area contributed by atoms with Crippen LogP contribution in [0.1, 0.15) is 29.6 Å². The summed E-state index contributed by atoms with van der Waals surface area (Å²) >= 11 is 0. The Morgan fingerprint density at radius 2 is 1.92 bits per heavy atom. The lowest BCUT2D eigenvalue weighted by Crippen LogP contribution is -2.39. The van der Waals surface area contributed by atoms with Crippen molar-refractivity contribution in [2.45, 2.75) is 36.2 Å². The molecule has 2 unspecified atom stereocenters. The number of fused-ring (bicyclic) bond motifs is 2. The van der Waals surface area contributed by atoms with Crippen LogP contribution < -0.4 is 5.32 Å². The average Bonchev–Trinajstić information content (AvgIpc) is 2.85. The minimum atomic E-state index is -3.57. The zero-order valence-corrected chi connectivity index (χ0v) is 15.6. The topological polar surface area (TPSA) is 69.7 Å². The molecule has 2 fully saturated rings. The maximum absolute atomic E-state index is 12.9. The van der Waals surface area contributed by atoms with Crippen molar-refractivity contribution < 1.29 is 13.2 Å². The Kier molecular flexibility index (Phi) is 5.91. The van der Waals surface area contributed by atoms with E-state index in [1.54, 1.807) is 36.6 Å². The minimum absolute atomic E-state index is 0. The van der Waals surface area contributed by atoms with E-state index in [1.165, 1.54) is 11.0 Å². The number of nitrogens with one attached hydrogen (secondary N) is 1. The maximum Gasteiger partial charge on any atom is 0.253 e. The highest BCUT2D eigenvalue weighted by Gasteiger charge is 2.35. The molecule has 1 amide bonds. The van der Waals surface area contributed by atoms with Crippen molar-refractivity contribution in [3.63, 3.8) is 0 Å². The molecule has 8 heteroatoms. The number of carbonyl (C=O) groups is 1. The fraction of sp³-hybridized carbons (Fsp3) is 0.562. The van der Waals surface area contributed by atoms with Gasteiger partial charge in [-0.1, -0.05) is 6.07 Å². The van der Waals surface area contributed by atoms with Crippen LogP contribution in [0.25, 0.3) is 0 Å². The van der Waals surface area contributed by atoms with E-state index in [-0.39, 0.29) is 29.3 Å². The van der Waals surface area contributed by atoms with E-state index in [2.05, 4.69) is 5.32 Å². The van der Waals surface area contributed by atoms with Gasteiger partial charge in [0.2, 0.25) is 10.0 Å². The summed E-state index contributed by atoms with van der Waals surface area (Å²) in [6.45, 7) is 1.03. The summed E-state index contributed by atoms with van der Waals surface area (Å²) in [5.41, 5.74) is 0.394. The Balaban J connectivity index is 0.00000208. The summed E-state index contributed by atoms with van der Waals surface area (Å²) in [6.07, 6.45) is 2.99. The summed E-state index contributed by atoms with van der Waals surface area (Å²) in [6, 6.07) is 7.00. The van der Waals surface area contributed by atoms with Crippen molar-refractivity contribution in [2.75, 3.05) is 27.2 Å². The quantitative estimate of drug-likeness (QED) is 0.867. The third-order valence-electron chi connectivity index (χ3n) is 4.61. The fourth-order valence-electron chi connectivity index (χ4n) is 3.33. The summed E-state index contributed by atoms with van der Waals surface area (Å²) in [7, 11) is -0.260. The zero-order chi connectivity index (χ0) is 16.6. The lowest BCUT2D eigenvalue weighted by molar-refractivity contribution is 0.0827. The van der Waals surface area contributed by atoms with Crippen LogP contribution >= 0.6 is 12.4 Å². The van der Waals surface area contributed by atoms with Gasteiger partial charge < -0.3 is 10.2 Å². The molecule has 2 saturated heterocycles. The Morgan fingerprint density at radius 1 is 1.21 bits per heavy atom. The molecule has 3 rings (SSSR count). The summed E-state index contributed by atoms with van der Waals surface area (Å²) in [5.74, 6) is -0.196. The molecule has 0 spiro atoms. The molecule has 1 aromatic rings. The molecule has 2 atom stereocenters. The van der Waals surface area contributed by atoms with E-state index in [0.29, 0.717) is 24.7 Å². The third kappa shape index (κ3) is 3.74. The molecule has 1 aromatic carbocycles. The molecule has 2 aliphatic heterocycles. The molecule has 2 bridgehead atoms. The van der Waals surface area contributed by atoms with Gasteiger partial charge in [-0.2, -0.15) is 4.31 Å². The fourth-order valence-corrected chi connectivity index (χ4v) is 4.87. The van der Waals surface area contributed by atoms with Gasteiger partial charge in [0.15, 0.2) is 0 Å². The predicted octanol–water partition coefficient (Wildman–Crippen LogP) is 1.33. The van der Waals surface area contributed by atoms with Crippen molar-refractivity contribution in [3.8, 4) is 0 Å². The molecular weight excluding hydrogens is 350 g/mol. The van der Waals surface area contributed by atoms with Gasteiger partial charge in [0, 0.05) is 44.8 Å². The Labute approximate surface area is 149 Å². The first-order valence-corrected chi connectivity index (χ1v) is 9.40. The second-order valence-electron chi connectivity index (χ2n) is 6.52. The van der Waals surface area contributed by atoms with E-state index in [1.807, 2.05) is 0 Å².